The maximum Gasteiger partial charge on any atom is 0.285 e. The number of aromatic nitrogens is 2. The SMILES string of the molecule is CS(=O)(=O)Nc1cccc(-c2cc(=O)n(O)c3ncccc23)c1. The summed E-state index contributed by atoms with van der Waals surface area (Å²) in [5.74, 6) is 0. The highest BCUT2D eigenvalue weighted by Gasteiger charge is 2.11. The second kappa shape index (κ2) is 5.40. The van der Waals surface area contributed by atoms with E-state index in [1.165, 1.54) is 12.3 Å². The Hall–Kier alpha value is -2.87. The number of fused-ring (bicyclic) bond motifs is 1. The molecule has 2 heterocycles. The molecule has 0 aliphatic carbocycles. The molecule has 0 aliphatic rings. The average Bonchev–Trinajstić information content (AvgIpc) is 2.49. The molecule has 2 N–H and O–H groups in total. The lowest BCUT2D eigenvalue weighted by atomic mass is 10.0. The summed E-state index contributed by atoms with van der Waals surface area (Å²) >= 11 is 0. The smallest absolute Gasteiger partial charge is 0.285 e. The molecule has 1 aromatic carbocycles. The minimum Gasteiger partial charge on any atom is -0.423 e. The third-order valence-electron chi connectivity index (χ3n) is 3.23. The number of nitrogens with one attached hydrogen (secondary N) is 1. The molecule has 8 heteroatoms. The second-order valence-corrected chi connectivity index (χ2v) is 6.79. The fourth-order valence-corrected chi connectivity index (χ4v) is 2.90. The zero-order valence-electron chi connectivity index (χ0n) is 12.1. The van der Waals surface area contributed by atoms with E-state index in [1.54, 1.807) is 36.4 Å². The van der Waals surface area contributed by atoms with Gasteiger partial charge in [-0.3, -0.25) is 9.52 Å². The Morgan fingerprint density at radius 1 is 1.17 bits per heavy atom. The van der Waals surface area contributed by atoms with Gasteiger partial charge in [-0.15, -0.1) is 4.73 Å². The van der Waals surface area contributed by atoms with Crippen LogP contribution in [-0.2, 0) is 10.0 Å². The Morgan fingerprint density at radius 2 is 1.96 bits per heavy atom. The largest absolute Gasteiger partial charge is 0.423 e. The summed E-state index contributed by atoms with van der Waals surface area (Å²) in [6.45, 7) is 0. The summed E-state index contributed by atoms with van der Waals surface area (Å²) in [5, 5.41) is 10.4. The van der Waals surface area contributed by atoms with Gasteiger partial charge < -0.3 is 5.21 Å². The standard InChI is InChI=1S/C15H13N3O4S/c1-23(21,22)17-11-5-2-4-10(8-11)13-9-14(19)18(20)15-12(13)6-3-7-16-15/h2-9,17,20H,1H3. The van der Waals surface area contributed by atoms with Crippen LogP contribution in [0.25, 0.3) is 22.2 Å². The van der Waals surface area contributed by atoms with Crippen molar-refractivity contribution in [2.45, 2.75) is 0 Å². The Balaban J connectivity index is 2.24. The van der Waals surface area contributed by atoms with E-state index in [2.05, 4.69) is 9.71 Å². The summed E-state index contributed by atoms with van der Waals surface area (Å²) in [7, 11) is -3.40. The number of benzene rings is 1. The molecule has 23 heavy (non-hydrogen) atoms. The molecular formula is C15H13N3O4S. The molecular weight excluding hydrogens is 318 g/mol. The van der Waals surface area contributed by atoms with E-state index in [-0.39, 0.29) is 5.65 Å². The van der Waals surface area contributed by atoms with Crippen molar-refractivity contribution in [2.24, 2.45) is 0 Å². The third-order valence-corrected chi connectivity index (χ3v) is 3.84. The van der Waals surface area contributed by atoms with Gasteiger partial charge in [0.25, 0.3) is 5.56 Å². The van der Waals surface area contributed by atoms with Crippen molar-refractivity contribution >= 4 is 26.7 Å². The molecule has 0 saturated carbocycles. The highest BCUT2D eigenvalue weighted by atomic mass is 32.2. The van der Waals surface area contributed by atoms with Gasteiger partial charge in [-0.2, -0.15) is 0 Å². The van der Waals surface area contributed by atoms with Crippen LogP contribution in [0.3, 0.4) is 0 Å². The van der Waals surface area contributed by atoms with E-state index in [9.17, 15) is 18.4 Å². The lowest BCUT2D eigenvalue weighted by Gasteiger charge is -2.10. The van der Waals surface area contributed by atoms with Crippen LogP contribution >= 0.6 is 0 Å². The maximum absolute atomic E-state index is 11.9. The molecule has 3 aromatic rings. The van der Waals surface area contributed by atoms with Crippen LogP contribution in [0.2, 0.25) is 0 Å². The predicted octanol–water partition coefficient (Wildman–Crippen LogP) is 1.67. The van der Waals surface area contributed by atoms with Crippen molar-refractivity contribution in [1.82, 2.24) is 9.71 Å². The van der Waals surface area contributed by atoms with Crippen LogP contribution in [0.15, 0.2) is 53.5 Å². The molecule has 7 nitrogen and oxygen atoms in total. The van der Waals surface area contributed by atoms with Gasteiger partial charge in [-0.25, -0.2) is 13.4 Å². The van der Waals surface area contributed by atoms with E-state index in [0.717, 1.165) is 6.26 Å². The molecule has 118 valence electrons. The lowest BCUT2D eigenvalue weighted by molar-refractivity contribution is 0.187. The van der Waals surface area contributed by atoms with Crippen molar-refractivity contribution in [3.63, 3.8) is 0 Å². The van der Waals surface area contributed by atoms with Crippen molar-refractivity contribution in [3.05, 3.63) is 59.0 Å². The Kier molecular flexibility index (Phi) is 3.53. The predicted molar refractivity (Wildman–Crippen MR) is 87.1 cm³/mol. The number of rotatable bonds is 3. The summed E-state index contributed by atoms with van der Waals surface area (Å²) < 4.78 is 25.6. The molecule has 0 fully saturated rings. The van der Waals surface area contributed by atoms with Crippen LogP contribution in [0.4, 0.5) is 5.69 Å². The van der Waals surface area contributed by atoms with Gasteiger partial charge in [0.05, 0.1) is 6.26 Å². The molecule has 0 radical (unpaired) electrons. The van der Waals surface area contributed by atoms with Crippen molar-refractivity contribution in [2.75, 3.05) is 11.0 Å². The van der Waals surface area contributed by atoms with Gasteiger partial charge >= 0.3 is 0 Å². The monoisotopic (exact) mass is 331 g/mol. The molecule has 0 spiro atoms. The van der Waals surface area contributed by atoms with E-state index in [0.29, 0.717) is 26.9 Å². The molecule has 0 unspecified atom stereocenters. The van der Waals surface area contributed by atoms with Crippen molar-refractivity contribution in [1.29, 1.82) is 0 Å². The summed E-state index contributed by atoms with van der Waals surface area (Å²) in [4.78, 5) is 15.9. The third kappa shape index (κ3) is 3.02. The number of sulfonamides is 1. The fraction of sp³-hybridized carbons (Fsp3) is 0.0667. The number of hydrogen-bond acceptors (Lipinski definition) is 5. The maximum atomic E-state index is 11.9. The first-order valence-corrected chi connectivity index (χ1v) is 8.52. The van der Waals surface area contributed by atoms with Gasteiger partial charge in [-0.1, -0.05) is 12.1 Å². The topological polar surface area (TPSA) is 101 Å². The Labute approximate surface area is 131 Å². The Morgan fingerprint density at radius 3 is 2.70 bits per heavy atom. The zero-order chi connectivity index (χ0) is 16.6. The average molecular weight is 331 g/mol. The fourth-order valence-electron chi connectivity index (χ4n) is 2.35. The second-order valence-electron chi connectivity index (χ2n) is 5.04. The number of nitrogens with zero attached hydrogens (tertiary/aromatic N) is 2. The first-order chi connectivity index (χ1) is 10.8. The van der Waals surface area contributed by atoms with E-state index >= 15 is 0 Å². The highest BCUT2D eigenvalue weighted by Crippen LogP contribution is 2.28. The molecule has 0 saturated heterocycles. The number of hydrogen-bond donors (Lipinski definition) is 2. The molecule has 0 aliphatic heterocycles. The zero-order valence-corrected chi connectivity index (χ0v) is 12.9. The van der Waals surface area contributed by atoms with Gasteiger partial charge in [0, 0.05) is 23.3 Å². The summed E-state index contributed by atoms with van der Waals surface area (Å²) in [6, 6.07) is 11.3. The van der Waals surface area contributed by atoms with Gasteiger partial charge in [0.15, 0.2) is 5.65 Å². The van der Waals surface area contributed by atoms with Crippen LogP contribution in [0.1, 0.15) is 0 Å². The van der Waals surface area contributed by atoms with Gasteiger partial charge in [0.1, 0.15) is 0 Å². The normalized spacial score (nSPS) is 11.5. The highest BCUT2D eigenvalue weighted by molar-refractivity contribution is 7.92. The van der Waals surface area contributed by atoms with Gasteiger partial charge in [0.2, 0.25) is 10.0 Å². The molecule has 2 aromatic heterocycles. The number of anilines is 1. The van der Waals surface area contributed by atoms with Crippen LogP contribution < -0.4 is 10.3 Å². The van der Waals surface area contributed by atoms with E-state index < -0.39 is 15.6 Å². The minimum atomic E-state index is -3.40. The molecule has 0 bridgehead atoms. The molecule has 0 amide bonds. The first kappa shape index (κ1) is 15.0. The van der Waals surface area contributed by atoms with Crippen LogP contribution in [-0.4, -0.2) is 29.6 Å². The summed E-state index contributed by atoms with van der Waals surface area (Å²) in [6.07, 6.45) is 2.53. The molecule has 0 atom stereocenters. The lowest BCUT2D eigenvalue weighted by Crippen LogP contribution is -2.18. The van der Waals surface area contributed by atoms with E-state index in [4.69, 9.17) is 0 Å². The number of pyridine rings is 2. The minimum absolute atomic E-state index is 0.136. The van der Waals surface area contributed by atoms with Crippen molar-refractivity contribution in [3.8, 4) is 11.1 Å². The first-order valence-electron chi connectivity index (χ1n) is 6.63. The quantitative estimate of drug-likeness (QED) is 0.711. The summed E-state index contributed by atoms with van der Waals surface area (Å²) in [5.41, 5.74) is 1.09. The van der Waals surface area contributed by atoms with E-state index in [1.807, 2.05) is 0 Å². The Bertz CT molecular complexity index is 1060. The molecule has 3 rings (SSSR count). The van der Waals surface area contributed by atoms with Crippen LogP contribution in [0, 0.1) is 0 Å². The van der Waals surface area contributed by atoms with Crippen molar-refractivity contribution < 1.29 is 13.6 Å². The van der Waals surface area contributed by atoms with Gasteiger partial charge in [-0.05, 0) is 35.4 Å². The van der Waals surface area contributed by atoms with Crippen LogP contribution in [0.5, 0.6) is 0 Å².